The van der Waals surface area contributed by atoms with Crippen LogP contribution in [0.5, 0.6) is 0 Å². The van der Waals surface area contributed by atoms with Crippen LogP contribution in [-0.2, 0) is 14.9 Å². The summed E-state index contributed by atoms with van der Waals surface area (Å²) in [5.74, 6) is 0. The second kappa shape index (κ2) is 3.67. The number of nitrogens with two attached hydrogens (primary N) is 1. The van der Waals surface area contributed by atoms with Gasteiger partial charge in [-0.1, -0.05) is 0 Å². The zero-order valence-electron chi connectivity index (χ0n) is 6.51. The summed E-state index contributed by atoms with van der Waals surface area (Å²) >= 11 is 0. The van der Waals surface area contributed by atoms with Crippen LogP contribution in [0.15, 0.2) is 0 Å². The topological polar surface area (TPSA) is 92.9 Å². The molecule has 0 spiro atoms. The number of hydrogen-bond acceptors (Lipinski definition) is 4. The van der Waals surface area contributed by atoms with Crippen LogP contribution in [0, 0.1) is 0 Å². The lowest BCUT2D eigenvalue weighted by Gasteiger charge is -2.29. The lowest BCUT2D eigenvalue weighted by molar-refractivity contribution is -0.0304. The first-order valence-electron chi connectivity index (χ1n) is 3.54. The summed E-state index contributed by atoms with van der Waals surface area (Å²) in [6.07, 6.45) is -0.447. The molecule has 1 aliphatic heterocycles. The smallest absolute Gasteiger partial charge is 0.277 e. The summed E-state index contributed by atoms with van der Waals surface area (Å²) < 4.78 is 27.8. The molecule has 72 valence electrons. The van der Waals surface area contributed by atoms with E-state index in [0.717, 1.165) is 4.31 Å². The van der Waals surface area contributed by atoms with E-state index >= 15 is 0 Å². The van der Waals surface area contributed by atoms with Crippen molar-refractivity contribution in [2.45, 2.75) is 6.10 Å². The maximum absolute atomic E-state index is 10.8. The van der Waals surface area contributed by atoms with Gasteiger partial charge in [0.15, 0.2) is 0 Å². The molecule has 1 fully saturated rings. The highest BCUT2D eigenvalue weighted by Crippen LogP contribution is 2.06. The Bertz CT molecular complexity index is 240. The lowest BCUT2D eigenvalue weighted by atomic mass is 10.3. The maximum atomic E-state index is 10.8. The fourth-order valence-electron chi connectivity index (χ4n) is 1.03. The predicted molar refractivity (Wildman–Crippen MR) is 41.5 cm³/mol. The lowest BCUT2D eigenvalue weighted by Crippen LogP contribution is -2.49. The van der Waals surface area contributed by atoms with Gasteiger partial charge in [0.1, 0.15) is 0 Å². The molecule has 3 N–H and O–H groups in total. The zero-order chi connectivity index (χ0) is 9.19. The second-order valence-corrected chi connectivity index (χ2v) is 4.12. The van der Waals surface area contributed by atoms with Crippen LogP contribution in [0.4, 0.5) is 0 Å². The number of aliphatic hydroxyl groups excluding tert-OH is 1. The van der Waals surface area contributed by atoms with E-state index < -0.39 is 16.3 Å². The molecule has 0 amide bonds. The number of nitrogens with zero attached hydrogens (tertiary/aromatic N) is 1. The molecule has 1 aliphatic rings. The molecule has 0 aromatic rings. The minimum Gasteiger partial charge on any atom is -0.394 e. The zero-order valence-corrected chi connectivity index (χ0v) is 7.33. The van der Waals surface area contributed by atoms with Gasteiger partial charge in [-0.3, -0.25) is 0 Å². The average Bonchev–Trinajstić information content (AvgIpc) is 2.03. The van der Waals surface area contributed by atoms with Crippen molar-refractivity contribution in [2.75, 3.05) is 26.3 Å². The van der Waals surface area contributed by atoms with E-state index in [0.29, 0.717) is 0 Å². The van der Waals surface area contributed by atoms with E-state index in [1.54, 1.807) is 0 Å². The normalized spacial score (nSPS) is 27.3. The molecule has 0 aromatic carbocycles. The van der Waals surface area contributed by atoms with Gasteiger partial charge < -0.3 is 9.84 Å². The highest BCUT2D eigenvalue weighted by atomic mass is 32.2. The molecule has 0 aromatic heterocycles. The average molecular weight is 196 g/mol. The minimum atomic E-state index is -3.63. The largest absolute Gasteiger partial charge is 0.394 e. The number of morpholine rings is 1. The van der Waals surface area contributed by atoms with Gasteiger partial charge in [-0.2, -0.15) is 12.7 Å². The Morgan fingerprint density at radius 2 is 2.33 bits per heavy atom. The number of ether oxygens (including phenoxy) is 1. The Hall–Kier alpha value is -0.210. The molecule has 0 bridgehead atoms. The van der Waals surface area contributed by atoms with Crippen LogP contribution in [0.1, 0.15) is 0 Å². The molecule has 0 radical (unpaired) electrons. The fourth-order valence-corrected chi connectivity index (χ4v) is 1.74. The van der Waals surface area contributed by atoms with Gasteiger partial charge in [-0.15, -0.1) is 0 Å². The summed E-state index contributed by atoms with van der Waals surface area (Å²) in [6.45, 7) is 0.484. The van der Waals surface area contributed by atoms with Crippen LogP contribution in [0.3, 0.4) is 0 Å². The van der Waals surface area contributed by atoms with E-state index in [4.69, 9.17) is 15.0 Å². The van der Waals surface area contributed by atoms with Gasteiger partial charge in [-0.25, -0.2) is 5.14 Å². The van der Waals surface area contributed by atoms with Crippen LogP contribution >= 0.6 is 0 Å². The fraction of sp³-hybridized carbons (Fsp3) is 1.00. The first-order chi connectivity index (χ1) is 5.54. The quantitative estimate of drug-likeness (QED) is 0.528. The van der Waals surface area contributed by atoms with E-state index in [2.05, 4.69) is 0 Å². The van der Waals surface area contributed by atoms with Crippen LogP contribution in [0.2, 0.25) is 0 Å². The van der Waals surface area contributed by atoms with Crippen molar-refractivity contribution < 1.29 is 18.3 Å². The van der Waals surface area contributed by atoms with E-state index in [1.807, 2.05) is 0 Å². The Morgan fingerprint density at radius 3 is 2.83 bits per heavy atom. The summed E-state index contributed by atoms with van der Waals surface area (Å²) in [7, 11) is -3.63. The van der Waals surface area contributed by atoms with Crippen LogP contribution in [-0.4, -0.2) is 50.2 Å². The Balaban J connectivity index is 2.58. The highest BCUT2D eigenvalue weighted by Gasteiger charge is 2.26. The van der Waals surface area contributed by atoms with Crippen molar-refractivity contribution in [3.63, 3.8) is 0 Å². The monoisotopic (exact) mass is 196 g/mol. The first kappa shape index (κ1) is 9.87. The van der Waals surface area contributed by atoms with Gasteiger partial charge in [-0.05, 0) is 0 Å². The van der Waals surface area contributed by atoms with Crippen molar-refractivity contribution in [3.8, 4) is 0 Å². The Kier molecular flexibility index (Phi) is 3.02. The summed E-state index contributed by atoms with van der Waals surface area (Å²) in [5.41, 5.74) is 0. The molecule has 1 heterocycles. The first-order valence-corrected chi connectivity index (χ1v) is 5.04. The van der Waals surface area contributed by atoms with Gasteiger partial charge in [0.2, 0.25) is 0 Å². The van der Waals surface area contributed by atoms with Crippen LogP contribution < -0.4 is 5.14 Å². The molecule has 7 heteroatoms. The second-order valence-electron chi connectivity index (χ2n) is 2.58. The number of aliphatic hydroxyl groups is 1. The Morgan fingerprint density at radius 1 is 1.67 bits per heavy atom. The van der Waals surface area contributed by atoms with E-state index in [-0.39, 0.29) is 26.3 Å². The van der Waals surface area contributed by atoms with Crippen molar-refractivity contribution in [3.05, 3.63) is 0 Å². The predicted octanol–water partition coefficient (Wildman–Crippen LogP) is -2.12. The van der Waals surface area contributed by atoms with E-state index in [9.17, 15) is 8.42 Å². The molecular weight excluding hydrogens is 184 g/mol. The summed E-state index contributed by atoms with van der Waals surface area (Å²) in [6, 6.07) is 0. The minimum absolute atomic E-state index is 0.134. The molecule has 1 atom stereocenters. The number of hydrogen-bond donors (Lipinski definition) is 2. The standard InChI is InChI=1S/C5H12N2O4S/c6-12(9,10)7-1-2-11-5(3-7)4-8/h5,8H,1-4H2,(H2,6,9,10). The van der Waals surface area contributed by atoms with Gasteiger partial charge in [0.05, 0.1) is 19.3 Å². The third-order valence-electron chi connectivity index (χ3n) is 1.67. The highest BCUT2D eigenvalue weighted by molar-refractivity contribution is 7.86. The van der Waals surface area contributed by atoms with Gasteiger partial charge >= 0.3 is 0 Å². The Labute approximate surface area is 71.1 Å². The third-order valence-corrected chi connectivity index (χ3v) is 2.72. The van der Waals surface area contributed by atoms with Gasteiger partial charge in [0.25, 0.3) is 10.2 Å². The molecule has 12 heavy (non-hydrogen) atoms. The summed E-state index contributed by atoms with van der Waals surface area (Å²) in [5, 5.41) is 13.6. The van der Waals surface area contributed by atoms with Crippen molar-refractivity contribution in [2.24, 2.45) is 5.14 Å². The van der Waals surface area contributed by atoms with Crippen LogP contribution in [0.25, 0.3) is 0 Å². The molecule has 1 saturated heterocycles. The van der Waals surface area contributed by atoms with Crippen molar-refractivity contribution in [1.29, 1.82) is 0 Å². The molecule has 0 aliphatic carbocycles. The molecule has 6 nitrogen and oxygen atoms in total. The summed E-state index contributed by atoms with van der Waals surface area (Å²) in [4.78, 5) is 0. The van der Waals surface area contributed by atoms with E-state index in [1.165, 1.54) is 0 Å². The third kappa shape index (κ3) is 2.39. The molecule has 1 rings (SSSR count). The SMILES string of the molecule is NS(=O)(=O)N1CCOC(CO)C1. The number of rotatable bonds is 2. The van der Waals surface area contributed by atoms with Crippen molar-refractivity contribution in [1.82, 2.24) is 4.31 Å². The van der Waals surface area contributed by atoms with Crippen molar-refractivity contribution >= 4 is 10.2 Å². The molecule has 1 unspecified atom stereocenters. The maximum Gasteiger partial charge on any atom is 0.277 e. The molecule has 0 saturated carbocycles. The molecular formula is C5H12N2O4S. The van der Waals surface area contributed by atoms with Gasteiger partial charge in [0, 0.05) is 13.1 Å².